The lowest BCUT2D eigenvalue weighted by atomic mass is 10.0. The van der Waals surface area contributed by atoms with E-state index in [2.05, 4.69) is 10.0 Å². The second kappa shape index (κ2) is 8.73. The number of sulfonamides is 1. The zero-order chi connectivity index (χ0) is 19.2. The molecule has 0 spiro atoms. The van der Waals surface area contributed by atoms with Gasteiger partial charge in [-0.15, -0.1) is 0 Å². The van der Waals surface area contributed by atoms with Crippen LogP contribution in [0, 0.1) is 0 Å². The van der Waals surface area contributed by atoms with Crippen LogP contribution >= 0.6 is 0 Å². The van der Waals surface area contributed by atoms with E-state index >= 15 is 0 Å². The van der Waals surface area contributed by atoms with Gasteiger partial charge in [0.15, 0.2) is 5.78 Å². The fraction of sp³-hybridized carbons (Fsp3) is 0.263. The smallest absolute Gasteiger partial charge is 0.240 e. The lowest BCUT2D eigenvalue weighted by Gasteiger charge is -2.07. The predicted octanol–water partition coefficient (Wildman–Crippen LogP) is 2.76. The molecule has 0 fully saturated rings. The number of Topliss-reactive ketones (excluding diaryl/α,β-unsaturated/α-hetero) is 1. The van der Waals surface area contributed by atoms with Gasteiger partial charge in [0, 0.05) is 24.1 Å². The highest BCUT2D eigenvalue weighted by Gasteiger charge is 2.12. The van der Waals surface area contributed by atoms with Crippen LogP contribution in [0.15, 0.2) is 53.4 Å². The Morgan fingerprint density at radius 3 is 2.08 bits per heavy atom. The van der Waals surface area contributed by atoms with Crippen LogP contribution in [0.4, 0.5) is 5.69 Å². The van der Waals surface area contributed by atoms with Crippen LogP contribution in [0.25, 0.3) is 0 Å². The van der Waals surface area contributed by atoms with E-state index in [9.17, 15) is 18.0 Å². The van der Waals surface area contributed by atoms with Crippen molar-refractivity contribution in [3.63, 3.8) is 0 Å². The van der Waals surface area contributed by atoms with Gasteiger partial charge in [-0.25, -0.2) is 13.1 Å². The average Bonchev–Trinajstić information content (AvgIpc) is 2.66. The standard InChI is InChI=1S/C19H22N2O4S/c1-3-14-4-6-15(7-5-14)18(22)12-13-19(23)21-16-8-10-17(11-9-16)26(24,25)20-2/h4-11,20H,3,12-13H2,1-2H3,(H,21,23). The lowest BCUT2D eigenvalue weighted by molar-refractivity contribution is -0.116. The van der Waals surface area contributed by atoms with Crippen LogP contribution in [-0.4, -0.2) is 27.2 Å². The number of rotatable bonds is 8. The van der Waals surface area contributed by atoms with Crippen LogP contribution in [-0.2, 0) is 21.2 Å². The van der Waals surface area contributed by atoms with Crippen LogP contribution < -0.4 is 10.0 Å². The maximum absolute atomic E-state index is 12.1. The van der Waals surface area contributed by atoms with Crippen LogP contribution in [0.5, 0.6) is 0 Å². The average molecular weight is 374 g/mol. The first kappa shape index (κ1) is 19.8. The molecule has 26 heavy (non-hydrogen) atoms. The van der Waals surface area contributed by atoms with Crippen molar-refractivity contribution in [3.05, 3.63) is 59.7 Å². The van der Waals surface area contributed by atoms with Crippen LogP contribution in [0.1, 0.15) is 35.7 Å². The Bertz CT molecular complexity index is 873. The van der Waals surface area contributed by atoms with Crippen molar-refractivity contribution >= 4 is 27.4 Å². The highest BCUT2D eigenvalue weighted by molar-refractivity contribution is 7.89. The second-order valence-electron chi connectivity index (χ2n) is 5.75. The number of aryl methyl sites for hydroxylation is 1. The van der Waals surface area contributed by atoms with E-state index in [0.29, 0.717) is 11.3 Å². The summed E-state index contributed by atoms with van der Waals surface area (Å²) in [5.74, 6) is -0.383. The summed E-state index contributed by atoms with van der Waals surface area (Å²) in [6.45, 7) is 2.04. The van der Waals surface area contributed by atoms with Crippen molar-refractivity contribution in [2.75, 3.05) is 12.4 Å². The van der Waals surface area contributed by atoms with E-state index < -0.39 is 10.0 Å². The van der Waals surface area contributed by atoms with Gasteiger partial charge in [0.2, 0.25) is 15.9 Å². The maximum atomic E-state index is 12.1. The molecular formula is C19H22N2O4S. The third kappa shape index (κ3) is 5.24. The minimum atomic E-state index is -3.51. The quantitative estimate of drug-likeness (QED) is 0.695. The van der Waals surface area contributed by atoms with Crippen LogP contribution in [0.3, 0.4) is 0 Å². The molecule has 0 unspecified atom stereocenters. The molecule has 1 amide bonds. The molecular weight excluding hydrogens is 352 g/mol. The molecule has 2 rings (SSSR count). The summed E-state index contributed by atoms with van der Waals surface area (Å²) in [5.41, 5.74) is 2.23. The van der Waals surface area contributed by atoms with Gasteiger partial charge >= 0.3 is 0 Å². The highest BCUT2D eigenvalue weighted by Crippen LogP contribution is 2.15. The van der Waals surface area contributed by atoms with Crippen molar-refractivity contribution in [1.29, 1.82) is 0 Å². The predicted molar refractivity (Wildman–Crippen MR) is 101 cm³/mol. The molecule has 0 saturated carbocycles. The molecule has 0 heterocycles. The van der Waals surface area contributed by atoms with Gasteiger partial charge < -0.3 is 5.32 Å². The molecule has 0 saturated heterocycles. The number of anilines is 1. The van der Waals surface area contributed by atoms with Crippen molar-refractivity contribution in [1.82, 2.24) is 4.72 Å². The summed E-state index contributed by atoms with van der Waals surface area (Å²) in [6.07, 6.45) is 1.08. The number of hydrogen-bond donors (Lipinski definition) is 2. The lowest BCUT2D eigenvalue weighted by Crippen LogP contribution is -2.18. The van der Waals surface area contributed by atoms with Gasteiger partial charge in [-0.1, -0.05) is 31.2 Å². The minimum Gasteiger partial charge on any atom is -0.326 e. The molecule has 7 heteroatoms. The Morgan fingerprint density at radius 1 is 0.923 bits per heavy atom. The van der Waals surface area contributed by atoms with E-state index in [1.165, 1.54) is 31.3 Å². The van der Waals surface area contributed by atoms with Gasteiger partial charge in [0.05, 0.1) is 4.90 Å². The monoisotopic (exact) mass is 374 g/mol. The van der Waals surface area contributed by atoms with Crippen molar-refractivity contribution in [2.45, 2.75) is 31.1 Å². The molecule has 0 atom stereocenters. The van der Waals surface area contributed by atoms with Gasteiger partial charge in [-0.2, -0.15) is 0 Å². The zero-order valence-corrected chi connectivity index (χ0v) is 15.6. The van der Waals surface area contributed by atoms with Crippen molar-refractivity contribution in [3.8, 4) is 0 Å². The molecule has 0 aliphatic heterocycles. The summed E-state index contributed by atoms with van der Waals surface area (Å²) in [7, 11) is -2.18. The Labute approximate surface area is 153 Å². The van der Waals surface area contributed by atoms with Gasteiger partial charge in [0.25, 0.3) is 0 Å². The zero-order valence-electron chi connectivity index (χ0n) is 14.8. The second-order valence-corrected chi connectivity index (χ2v) is 7.64. The van der Waals surface area contributed by atoms with E-state index in [1.807, 2.05) is 19.1 Å². The Morgan fingerprint density at radius 2 is 1.54 bits per heavy atom. The van der Waals surface area contributed by atoms with E-state index in [1.54, 1.807) is 12.1 Å². The normalized spacial score (nSPS) is 11.2. The Balaban J connectivity index is 1.89. The number of carbonyl (C=O) groups excluding carboxylic acids is 2. The SMILES string of the molecule is CCc1ccc(C(=O)CCC(=O)Nc2ccc(S(=O)(=O)NC)cc2)cc1. The summed E-state index contributed by atoms with van der Waals surface area (Å²) < 4.78 is 25.5. The molecule has 138 valence electrons. The molecule has 6 nitrogen and oxygen atoms in total. The number of ketones is 1. The molecule has 0 radical (unpaired) electrons. The topological polar surface area (TPSA) is 92.3 Å². The fourth-order valence-corrected chi connectivity index (χ4v) is 3.09. The molecule has 2 aromatic carbocycles. The first-order chi connectivity index (χ1) is 12.4. The molecule has 0 aliphatic carbocycles. The summed E-state index contributed by atoms with van der Waals surface area (Å²) >= 11 is 0. The van der Waals surface area contributed by atoms with Crippen LogP contribution in [0.2, 0.25) is 0 Å². The molecule has 0 bridgehead atoms. The fourth-order valence-electron chi connectivity index (χ4n) is 2.36. The highest BCUT2D eigenvalue weighted by atomic mass is 32.2. The molecule has 2 aromatic rings. The van der Waals surface area contributed by atoms with Gasteiger partial charge in [-0.05, 0) is 43.3 Å². The van der Waals surface area contributed by atoms with Crippen molar-refractivity contribution in [2.24, 2.45) is 0 Å². The third-order valence-electron chi connectivity index (χ3n) is 3.98. The van der Waals surface area contributed by atoms with E-state index in [4.69, 9.17) is 0 Å². The number of hydrogen-bond acceptors (Lipinski definition) is 4. The Kier molecular flexibility index (Phi) is 6.65. The summed E-state index contributed by atoms with van der Waals surface area (Å²) in [5, 5.41) is 2.66. The van der Waals surface area contributed by atoms with Crippen molar-refractivity contribution < 1.29 is 18.0 Å². The maximum Gasteiger partial charge on any atom is 0.240 e. The molecule has 0 aromatic heterocycles. The first-order valence-corrected chi connectivity index (χ1v) is 9.79. The number of nitrogens with one attached hydrogen (secondary N) is 2. The van der Waals surface area contributed by atoms with E-state index in [-0.39, 0.29) is 29.4 Å². The Hall–Kier alpha value is -2.51. The largest absolute Gasteiger partial charge is 0.326 e. The number of carbonyl (C=O) groups is 2. The number of amides is 1. The van der Waals surface area contributed by atoms with Gasteiger partial charge in [0.1, 0.15) is 0 Å². The first-order valence-electron chi connectivity index (χ1n) is 8.31. The summed E-state index contributed by atoms with van der Waals surface area (Å²) in [4.78, 5) is 24.2. The van der Waals surface area contributed by atoms with E-state index in [0.717, 1.165) is 12.0 Å². The summed E-state index contributed by atoms with van der Waals surface area (Å²) in [6, 6.07) is 13.2. The number of benzene rings is 2. The minimum absolute atomic E-state index is 0.0604. The molecule has 0 aliphatic rings. The molecule has 2 N–H and O–H groups in total. The third-order valence-corrected chi connectivity index (χ3v) is 5.41. The van der Waals surface area contributed by atoms with Gasteiger partial charge in [-0.3, -0.25) is 9.59 Å².